The first-order valence-electron chi connectivity index (χ1n) is 8.39. The Hall–Kier alpha value is -3.08. The van der Waals surface area contributed by atoms with Crippen molar-refractivity contribution in [1.29, 1.82) is 0 Å². The molecule has 2 aromatic heterocycles. The van der Waals surface area contributed by atoms with Crippen LogP contribution in [0.1, 0.15) is 18.3 Å². The minimum absolute atomic E-state index is 0.214. The van der Waals surface area contributed by atoms with Crippen molar-refractivity contribution >= 4 is 10.9 Å². The molecule has 126 valence electrons. The van der Waals surface area contributed by atoms with E-state index in [2.05, 4.69) is 39.9 Å². The van der Waals surface area contributed by atoms with Gasteiger partial charge in [0.15, 0.2) is 5.82 Å². The Kier molecular flexibility index (Phi) is 3.57. The van der Waals surface area contributed by atoms with Crippen LogP contribution in [0.15, 0.2) is 48.7 Å². The molecule has 0 amide bonds. The van der Waals surface area contributed by atoms with Crippen LogP contribution < -0.4 is 0 Å². The number of phenolic OH excluding ortho intramolecular Hbond substituents is 1. The van der Waals surface area contributed by atoms with Gasteiger partial charge < -0.3 is 9.67 Å². The molecule has 0 bridgehead atoms. The number of phenols is 1. The van der Waals surface area contributed by atoms with E-state index in [1.807, 2.05) is 42.9 Å². The highest BCUT2D eigenvalue weighted by Gasteiger charge is 2.18. The number of fused-ring (bicyclic) bond motifs is 1. The maximum Gasteiger partial charge on any atom is 0.172 e. The van der Waals surface area contributed by atoms with Gasteiger partial charge in [-0.15, -0.1) is 10.2 Å². The third kappa shape index (κ3) is 2.39. The van der Waals surface area contributed by atoms with Crippen molar-refractivity contribution in [3.05, 3.63) is 60.0 Å². The van der Waals surface area contributed by atoms with Crippen molar-refractivity contribution < 1.29 is 5.11 Å². The van der Waals surface area contributed by atoms with Gasteiger partial charge in [0.05, 0.1) is 11.3 Å². The molecular weight excluding hydrogens is 312 g/mol. The van der Waals surface area contributed by atoms with Crippen molar-refractivity contribution in [3.63, 3.8) is 0 Å². The molecule has 0 aliphatic rings. The summed E-state index contributed by atoms with van der Waals surface area (Å²) in [5.74, 6) is 1.65. The molecule has 0 spiro atoms. The monoisotopic (exact) mass is 332 g/mol. The zero-order valence-electron chi connectivity index (χ0n) is 14.6. The summed E-state index contributed by atoms with van der Waals surface area (Å²) in [5, 5.41) is 20.2. The Morgan fingerprint density at radius 1 is 1.08 bits per heavy atom. The highest BCUT2D eigenvalue weighted by atomic mass is 16.3. The molecule has 4 aromatic rings. The smallest absolute Gasteiger partial charge is 0.172 e. The van der Waals surface area contributed by atoms with Gasteiger partial charge in [-0.3, -0.25) is 4.57 Å². The van der Waals surface area contributed by atoms with E-state index in [1.54, 1.807) is 6.07 Å². The second kappa shape index (κ2) is 5.77. The Bertz CT molecular complexity index is 1070. The Morgan fingerprint density at radius 2 is 1.92 bits per heavy atom. The average molecular weight is 332 g/mol. The number of hydrogen-bond donors (Lipinski definition) is 1. The van der Waals surface area contributed by atoms with Crippen molar-refractivity contribution in [3.8, 4) is 22.8 Å². The second-order valence-electron chi connectivity index (χ2n) is 6.25. The van der Waals surface area contributed by atoms with Gasteiger partial charge in [0.1, 0.15) is 11.6 Å². The van der Waals surface area contributed by atoms with Crippen LogP contribution in [0, 0.1) is 6.92 Å². The van der Waals surface area contributed by atoms with Crippen LogP contribution in [0.2, 0.25) is 0 Å². The molecule has 2 aromatic carbocycles. The van der Waals surface area contributed by atoms with Crippen molar-refractivity contribution in [1.82, 2.24) is 19.3 Å². The molecule has 0 atom stereocenters. The van der Waals surface area contributed by atoms with Gasteiger partial charge in [0.25, 0.3) is 0 Å². The zero-order valence-corrected chi connectivity index (χ0v) is 14.6. The van der Waals surface area contributed by atoms with Gasteiger partial charge in [0.2, 0.25) is 0 Å². The summed E-state index contributed by atoms with van der Waals surface area (Å²) in [5.41, 5.74) is 4.01. The van der Waals surface area contributed by atoms with E-state index in [9.17, 15) is 5.11 Å². The SMILES string of the molecule is CCc1ccc(O)c(-c2nnc(C)n2-c2cccc3c2ccn3C)c1. The molecule has 5 nitrogen and oxygen atoms in total. The second-order valence-corrected chi connectivity index (χ2v) is 6.25. The van der Waals surface area contributed by atoms with Crippen molar-refractivity contribution in [2.45, 2.75) is 20.3 Å². The van der Waals surface area contributed by atoms with E-state index in [0.29, 0.717) is 11.4 Å². The summed E-state index contributed by atoms with van der Waals surface area (Å²) in [6, 6.07) is 13.9. The van der Waals surface area contributed by atoms with E-state index in [4.69, 9.17) is 0 Å². The molecular formula is C20H20N4O. The Morgan fingerprint density at radius 3 is 2.72 bits per heavy atom. The normalized spacial score (nSPS) is 11.3. The first-order chi connectivity index (χ1) is 12.1. The minimum Gasteiger partial charge on any atom is -0.507 e. The lowest BCUT2D eigenvalue weighted by Gasteiger charge is -2.12. The van der Waals surface area contributed by atoms with Crippen molar-refractivity contribution in [2.24, 2.45) is 7.05 Å². The number of aryl methyl sites for hydroxylation is 3. The molecule has 2 heterocycles. The first kappa shape index (κ1) is 15.4. The maximum absolute atomic E-state index is 10.4. The van der Waals surface area contributed by atoms with E-state index >= 15 is 0 Å². The Balaban J connectivity index is 2.00. The molecule has 0 aliphatic heterocycles. The fraction of sp³-hybridized carbons (Fsp3) is 0.200. The quantitative estimate of drug-likeness (QED) is 0.617. The lowest BCUT2D eigenvalue weighted by molar-refractivity contribution is 0.476. The van der Waals surface area contributed by atoms with E-state index in [0.717, 1.165) is 34.4 Å². The summed E-state index contributed by atoms with van der Waals surface area (Å²) in [6.07, 6.45) is 2.94. The molecule has 0 unspecified atom stereocenters. The lowest BCUT2D eigenvalue weighted by atomic mass is 10.1. The molecule has 0 fully saturated rings. The lowest BCUT2D eigenvalue weighted by Crippen LogP contribution is -2.01. The van der Waals surface area contributed by atoms with Crippen LogP contribution in [0.4, 0.5) is 0 Å². The predicted octanol–water partition coefficient (Wildman–Crippen LogP) is 4.00. The highest BCUT2D eigenvalue weighted by Crippen LogP contribution is 2.33. The molecule has 0 saturated heterocycles. The number of aromatic nitrogens is 4. The highest BCUT2D eigenvalue weighted by molar-refractivity contribution is 5.89. The zero-order chi connectivity index (χ0) is 17.6. The average Bonchev–Trinajstić information content (AvgIpc) is 3.19. The number of aromatic hydroxyl groups is 1. The summed E-state index contributed by atoms with van der Waals surface area (Å²) in [6.45, 7) is 4.02. The van der Waals surface area contributed by atoms with Gasteiger partial charge in [-0.2, -0.15) is 0 Å². The molecule has 25 heavy (non-hydrogen) atoms. The summed E-state index contributed by atoms with van der Waals surface area (Å²) in [4.78, 5) is 0. The van der Waals surface area contributed by atoms with Crippen LogP contribution in [0.5, 0.6) is 5.75 Å². The number of benzene rings is 2. The fourth-order valence-electron chi connectivity index (χ4n) is 3.29. The molecule has 5 heteroatoms. The molecule has 0 saturated carbocycles. The van der Waals surface area contributed by atoms with Crippen LogP contribution in [0.3, 0.4) is 0 Å². The molecule has 0 aliphatic carbocycles. The number of nitrogens with zero attached hydrogens (tertiary/aromatic N) is 4. The topological polar surface area (TPSA) is 55.9 Å². The van der Waals surface area contributed by atoms with E-state index in [-0.39, 0.29) is 5.75 Å². The number of hydrogen-bond acceptors (Lipinski definition) is 3. The molecule has 1 N–H and O–H groups in total. The van der Waals surface area contributed by atoms with Gasteiger partial charge in [-0.05, 0) is 49.2 Å². The standard InChI is InChI=1S/C20H20N4O/c1-4-14-8-9-19(25)16(12-14)20-22-21-13(2)24(20)18-7-5-6-17-15(18)10-11-23(17)3/h5-12,25H,4H2,1-3H3. The van der Waals surface area contributed by atoms with Crippen LogP contribution >= 0.6 is 0 Å². The predicted molar refractivity (Wildman–Crippen MR) is 99.1 cm³/mol. The maximum atomic E-state index is 10.4. The third-order valence-corrected chi connectivity index (χ3v) is 4.68. The van der Waals surface area contributed by atoms with Gasteiger partial charge in [0, 0.05) is 24.1 Å². The van der Waals surface area contributed by atoms with E-state index < -0.39 is 0 Å². The van der Waals surface area contributed by atoms with Gasteiger partial charge in [-0.1, -0.05) is 19.1 Å². The third-order valence-electron chi connectivity index (χ3n) is 4.68. The first-order valence-corrected chi connectivity index (χ1v) is 8.39. The molecule has 4 rings (SSSR count). The largest absolute Gasteiger partial charge is 0.507 e. The summed E-state index contributed by atoms with van der Waals surface area (Å²) < 4.78 is 4.10. The van der Waals surface area contributed by atoms with Crippen LogP contribution in [0.25, 0.3) is 28.0 Å². The molecule has 0 radical (unpaired) electrons. The van der Waals surface area contributed by atoms with Gasteiger partial charge >= 0.3 is 0 Å². The van der Waals surface area contributed by atoms with Gasteiger partial charge in [-0.25, -0.2) is 0 Å². The number of rotatable bonds is 3. The summed E-state index contributed by atoms with van der Waals surface area (Å²) in [7, 11) is 2.03. The minimum atomic E-state index is 0.214. The van der Waals surface area contributed by atoms with Crippen LogP contribution in [-0.2, 0) is 13.5 Å². The van der Waals surface area contributed by atoms with Crippen LogP contribution in [-0.4, -0.2) is 24.4 Å². The van der Waals surface area contributed by atoms with Crippen molar-refractivity contribution in [2.75, 3.05) is 0 Å². The summed E-state index contributed by atoms with van der Waals surface area (Å²) >= 11 is 0. The fourth-order valence-corrected chi connectivity index (χ4v) is 3.29. The Labute approximate surface area is 146 Å². The van der Waals surface area contributed by atoms with E-state index in [1.165, 1.54) is 0 Å².